The number of amides is 5. The number of aromatic nitrogens is 6. The van der Waals surface area contributed by atoms with Gasteiger partial charge in [-0.15, -0.1) is 0 Å². The minimum atomic E-state index is -0.651. The Morgan fingerprint density at radius 1 is 0.864 bits per heavy atom. The van der Waals surface area contributed by atoms with Crippen LogP contribution < -0.4 is 30.9 Å². The molecule has 5 amide bonds. The summed E-state index contributed by atoms with van der Waals surface area (Å²) in [5.41, 5.74) is 3.10. The molecule has 6 heterocycles. The number of methoxy groups -OCH3 is 1. The molecule has 59 heavy (non-hydrogen) atoms. The van der Waals surface area contributed by atoms with E-state index < -0.39 is 17.6 Å². The van der Waals surface area contributed by atoms with Crippen molar-refractivity contribution < 1.29 is 33.4 Å². The van der Waals surface area contributed by atoms with Crippen molar-refractivity contribution in [3.8, 4) is 5.75 Å². The van der Waals surface area contributed by atoms with Crippen LogP contribution in [0.1, 0.15) is 70.4 Å². The Labute approximate surface area is 342 Å². The van der Waals surface area contributed by atoms with Crippen LogP contribution in [0.5, 0.6) is 5.75 Å². The number of nitrogens with one attached hydrogen (secondary N) is 4. The van der Waals surface area contributed by atoms with Gasteiger partial charge >= 0.3 is 6.09 Å². The van der Waals surface area contributed by atoms with E-state index in [0.717, 1.165) is 42.9 Å². The van der Waals surface area contributed by atoms with E-state index in [1.165, 1.54) is 10.7 Å². The Morgan fingerprint density at radius 2 is 1.46 bits per heavy atom. The number of benzene rings is 1. The predicted octanol–water partition coefficient (Wildman–Crippen LogP) is 5.20. The highest BCUT2D eigenvalue weighted by molar-refractivity contribution is 6.30. The fraction of sp³-hybridized carbons (Fsp3) is 0.325. The number of carbonyl (C=O) groups is 5. The number of imide groups is 2. The van der Waals surface area contributed by atoms with Crippen molar-refractivity contribution in [1.82, 2.24) is 39.8 Å². The van der Waals surface area contributed by atoms with Crippen LogP contribution in [0.25, 0.3) is 23.4 Å². The average Bonchev–Trinajstić information content (AvgIpc) is 4.04. The van der Waals surface area contributed by atoms with Crippen molar-refractivity contribution in [3.05, 3.63) is 76.2 Å². The molecular weight excluding hydrogens is 782 g/mol. The number of hydrogen-bond acceptors (Lipinski definition) is 13. The molecule has 9 rings (SSSR count). The summed E-state index contributed by atoms with van der Waals surface area (Å²) in [6, 6.07) is 11.4. The molecule has 2 aliphatic heterocycles. The van der Waals surface area contributed by atoms with Gasteiger partial charge in [-0.1, -0.05) is 11.6 Å². The highest BCUT2D eigenvalue weighted by Crippen LogP contribution is 2.35. The quantitative estimate of drug-likeness (QED) is 0.0856. The largest absolute Gasteiger partial charge is 0.497 e. The van der Waals surface area contributed by atoms with Gasteiger partial charge < -0.3 is 20.1 Å². The van der Waals surface area contributed by atoms with Crippen LogP contribution in [0.3, 0.4) is 0 Å². The Morgan fingerprint density at radius 3 is 1.98 bits per heavy atom. The molecule has 2 saturated heterocycles. The minimum Gasteiger partial charge on any atom is -0.497 e. The SMILES string of the molecule is CC(C)(C)OC(=O)N(c1cc(Cl)nc2c(/C=C3\CC(=O)NC3=O)cnn12)C1CC1.COc1ccc(Nc2cc(NC3CC3)n3ncc(/C=C4\CC(=O)NC4=O)c3n2)cc1. The number of carbonyl (C=O) groups excluding carboxylic acids is 5. The summed E-state index contributed by atoms with van der Waals surface area (Å²) >= 11 is 6.24. The third-order valence-electron chi connectivity index (χ3n) is 9.44. The molecule has 0 radical (unpaired) electrons. The van der Waals surface area contributed by atoms with Gasteiger partial charge in [0.1, 0.15) is 34.0 Å². The first kappa shape index (κ1) is 39.0. The molecule has 4 N–H and O–H groups in total. The standard InChI is InChI=1S/C21H20N6O3.C19H20ClN5O4/c1-30-16-6-4-14(5-7-16)23-17-10-18(24-15-2-3-15)27-20(25-17)13(11-22-27)8-12-9-19(28)26-21(12)29;1-19(2,3)29-18(28)24(12-4-5-12)15-8-13(20)22-16-11(9-21-25(15)16)6-10-7-14(26)23-17(10)27/h4-8,10-11,15,24H,2-3,9H2,1H3,(H,23,25)(H,26,28,29);6,8-9,12H,4-5,7H2,1-3H3,(H,23,26,27)/b12-8+;10-6+. The van der Waals surface area contributed by atoms with E-state index in [-0.39, 0.29) is 41.8 Å². The van der Waals surface area contributed by atoms with Crippen molar-refractivity contribution in [2.45, 2.75) is 77.0 Å². The second-order valence-corrected chi connectivity index (χ2v) is 15.8. The molecular formula is C40H40ClN11O7. The normalized spacial score (nSPS) is 17.9. The summed E-state index contributed by atoms with van der Waals surface area (Å²) in [7, 11) is 1.63. The second-order valence-electron chi connectivity index (χ2n) is 15.4. The maximum Gasteiger partial charge on any atom is 0.416 e. The van der Waals surface area contributed by atoms with Crippen molar-refractivity contribution in [1.29, 1.82) is 0 Å². The molecule has 18 nitrogen and oxygen atoms in total. The van der Waals surface area contributed by atoms with Crippen LogP contribution in [0.2, 0.25) is 5.15 Å². The van der Waals surface area contributed by atoms with Gasteiger partial charge in [0.15, 0.2) is 11.3 Å². The fourth-order valence-corrected chi connectivity index (χ4v) is 6.58. The molecule has 5 aromatic rings. The zero-order valence-corrected chi connectivity index (χ0v) is 33.3. The summed E-state index contributed by atoms with van der Waals surface area (Å²) in [6.07, 6.45) is 9.91. The van der Waals surface area contributed by atoms with Crippen LogP contribution in [-0.4, -0.2) is 83.7 Å². The maximum atomic E-state index is 12.9. The molecule has 304 valence electrons. The molecule has 4 aliphatic rings. The fourth-order valence-electron chi connectivity index (χ4n) is 6.41. The molecule has 2 saturated carbocycles. The van der Waals surface area contributed by atoms with E-state index in [4.69, 9.17) is 26.1 Å². The van der Waals surface area contributed by atoms with Crippen LogP contribution >= 0.6 is 11.6 Å². The average molecular weight is 822 g/mol. The lowest BCUT2D eigenvalue weighted by molar-refractivity contribution is -0.125. The lowest BCUT2D eigenvalue weighted by Gasteiger charge is -2.27. The van der Waals surface area contributed by atoms with E-state index >= 15 is 0 Å². The first-order valence-corrected chi connectivity index (χ1v) is 19.3. The number of hydrogen-bond donors (Lipinski definition) is 4. The van der Waals surface area contributed by atoms with Crippen LogP contribution in [0, 0.1) is 0 Å². The van der Waals surface area contributed by atoms with E-state index in [0.29, 0.717) is 51.2 Å². The van der Waals surface area contributed by atoms with Gasteiger partial charge in [-0.3, -0.25) is 34.7 Å². The topological polar surface area (TPSA) is 216 Å². The number of rotatable bonds is 9. The molecule has 1 aromatic carbocycles. The Balaban J connectivity index is 0.000000164. The van der Waals surface area contributed by atoms with Gasteiger partial charge in [-0.05, 0) is 82.9 Å². The minimum absolute atomic E-state index is 0.00393. The summed E-state index contributed by atoms with van der Waals surface area (Å²) in [5.74, 6) is 1.21. The first-order valence-electron chi connectivity index (χ1n) is 18.9. The summed E-state index contributed by atoms with van der Waals surface area (Å²) < 4.78 is 14.0. The van der Waals surface area contributed by atoms with Gasteiger partial charge in [-0.2, -0.15) is 19.2 Å². The Bertz CT molecular complexity index is 2600. The van der Waals surface area contributed by atoms with E-state index in [2.05, 4.69) is 36.4 Å². The van der Waals surface area contributed by atoms with Gasteiger partial charge in [0, 0.05) is 52.2 Å². The molecule has 0 spiro atoms. The highest BCUT2D eigenvalue weighted by atomic mass is 35.5. The van der Waals surface area contributed by atoms with E-state index in [1.807, 2.05) is 30.3 Å². The number of ether oxygens (including phenoxy) is 2. The van der Waals surface area contributed by atoms with E-state index in [9.17, 15) is 24.0 Å². The molecule has 0 unspecified atom stereocenters. The summed E-state index contributed by atoms with van der Waals surface area (Å²) in [4.78, 5) is 70.2. The smallest absolute Gasteiger partial charge is 0.416 e. The van der Waals surface area contributed by atoms with Gasteiger partial charge in [0.25, 0.3) is 11.8 Å². The molecule has 2 aliphatic carbocycles. The van der Waals surface area contributed by atoms with Crippen molar-refractivity contribution in [2.75, 3.05) is 22.6 Å². The van der Waals surface area contributed by atoms with Gasteiger partial charge in [0.05, 0.1) is 32.3 Å². The lowest BCUT2D eigenvalue weighted by atomic mass is 10.1. The van der Waals surface area contributed by atoms with Crippen LogP contribution in [0.4, 0.5) is 27.9 Å². The van der Waals surface area contributed by atoms with Crippen LogP contribution in [0.15, 0.2) is 59.9 Å². The van der Waals surface area contributed by atoms with Crippen molar-refractivity contribution >= 4 is 87.9 Å². The van der Waals surface area contributed by atoms with E-state index in [1.54, 1.807) is 61.7 Å². The van der Waals surface area contributed by atoms with Crippen LogP contribution in [-0.2, 0) is 23.9 Å². The lowest BCUT2D eigenvalue weighted by Crippen LogP contribution is -2.39. The zero-order valence-electron chi connectivity index (χ0n) is 32.5. The zero-order chi connectivity index (χ0) is 41.6. The Hall–Kier alpha value is -6.82. The summed E-state index contributed by atoms with van der Waals surface area (Å²) in [6.45, 7) is 5.41. The molecule has 0 bridgehead atoms. The van der Waals surface area contributed by atoms with Crippen molar-refractivity contribution in [3.63, 3.8) is 0 Å². The number of halogens is 1. The maximum absolute atomic E-state index is 12.9. The van der Waals surface area contributed by atoms with Crippen molar-refractivity contribution in [2.24, 2.45) is 0 Å². The Kier molecular flexibility index (Phi) is 10.3. The molecule has 4 fully saturated rings. The number of nitrogens with zero attached hydrogens (tertiary/aromatic N) is 7. The predicted molar refractivity (Wildman–Crippen MR) is 217 cm³/mol. The molecule has 0 atom stereocenters. The first-order chi connectivity index (χ1) is 28.2. The van der Waals surface area contributed by atoms with Gasteiger partial charge in [-0.25, -0.2) is 14.8 Å². The number of anilines is 4. The second kappa shape index (κ2) is 15.5. The van der Waals surface area contributed by atoms with Gasteiger partial charge in [0.2, 0.25) is 11.8 Å². The third kappa shape index (κ3) is 8.86. The molecule has 19 heteroatoms. The monoisotopic (exact) mass is 821 g/mol. The summed E-state index contributed by atoms with van der Waals surface area (Å²) in [5, 5.41) is 20.3. The number of fused-ring (bicyclic) bond motifs is 2. The molecule has 4 aromatic heterocycles. The third-order valence-corrected chi connectivity index (χ3v) is 9.63. The highest BCUT2D eigenvalue weighted by Gasteiger charge is 2.38.